The normalized spacial score (nSPS) is 13.4. The molecule has 4 N–H and O–H groups in total. The van der Waals surface area contributed by atoms with E-state index < -0.39 is 88.8 Å². The van der Waals surface area contributed by atoms with Crippen molar-refractivity contribution in [3.63, 3.8) is 0 Å². The van der Waals surface area contributed by atoms with E-state index in [9.17, 15) is 45.6 Å². The Balaban J connectivity index is 0.000000540. The summed E-state index contributed by atoms with van der Waals surface area (Å²) < 4.78 is 50.5. The summed E-state index contributed by atoms with van der Waals surface area (Å²) in [7, 11) is -7.33. The minimum atomic E-state index is -3.67. The van der Waals surface area contributed by atoms with Gasteiger partial charge in [-0.15, -0.1) is 0 Å². The number of rotatable bonds is 20. The number of ketones is 2. The minimum absolute atomic E-state index is 0.316. The summed E-state index contributed by atoms with van der Waals surface area (Å²) in [5, 5.41) is 18.3. The molecule has 4 atom stereocenters. The quantitative estimate of drug-likeness (QED) is 0.105. The van der Waals surface area contributed by atoms with Crippen LogP contribution in [0.15, 0.2) is 72.8 Å². The molecule has 0 heterocycles. The molecular formula is C38H50N2O12S2. The lowest BCUT2D eigenvalue weighted by Crippen LogP contribution is -2.36. The van der Waals surface area contributed by atoms with Crippen LogP contribution in [-0.2, 0) is 61.3 Å². The maximum Gasteiger partial charge on any atom is 0.312 e. The molecule has 0 fully saturated rings. The summed E-state index contributed by atoms with van der Waals surface area (Å²) in [6.45, 7) is 16.0. The molecule has 2 rings (SSSR count). The summed E-state index contributed by atoms with van der Waals surface area (Å²) in [6.07, 6.45) is 0.400. The minimum Gasteiger partial charge on any atom is -0.481 e. The molecule has 2 aromatic carbocycles. The van der Waals surface area contributed by atoms with Gasteiger partial charge in [-0.25, -0.2) is 16.8 Å². The second-order valence-electron chi connectivity index (χ2n) is 13.2. The van der Waals surface area contributed by atoms with Gasteiger partial charge >= 0.3 is 11.9 Å². The molecule has 54 heavy (non-hydrogen) atoms. The molecule has 0 radical (unpaired) electrons. The highest BCUT2D eigenvalue weighted by atomic mass is 32.2. The van der Waals surface area contributed by atoms with Crippen LogP contribution in [-0.4, -0.2) is 83.4 Å². The van der Waals surface area contributed by atoms with Gasteiger partial charge in [-0.3, -0.25) is 28.8 Å². The molecule has 2 amide bonds. The topological polar surface area (TPSA) is 235 Å². The number of aryl methyl sites for hydroxylation is 2. The number of sulfone groups is 2. The SMILES string of the molecule is C=C(C)C(C(C)=O)S(=O)(=O)C(C)CCc1ccc(NC(=O)CC(=O)O)cc1.C=C(C)C(C(C)=O)S(=O)(=O)C(C)CCc1ccc(NC(=O)CC(=O)O)cc1. The van der Waals surface area contributed by atoms with Crippen LogP contribution in [0.5, 0.6) is 0 Å². The standard InChI is InChI=1S/2C19H25NO6S/c2*1-12(2)19(14(4)21)27(25,26)13(3)5-6-15-7-9-16(10-8-15)20-17(22)11-18(23)24/h2*7-10,13,19H,1,5-6,11H2,2-4H3,(H,20,22)(H,23,24). The largest absolute Gasteiger partial charge is 0.481 e. The molecule has 0 bridgehead atoms. The second kappa shape index (κ2) is 21.1. The van der Waals surface area contributed by atoms with Gasteiger partial charge in [0.25, 0.3) is 0 Å². The molecule has 0 saturated carbocycles. The van der Waals surface area contributed by atoms with E-state index in [0.29, 0.717) is 48.2 Å². The second-order valence-corrected chi connectivity index (χ2v) is 18.1. The van der Waals surface area contributed by atoms with E-state index in [1.165, 1.54) is 27.7 Å². The lowest BCUT2D eigenvalue weighted by molar-refractivity contribution is -0.141. The molecule has 0 saturated heterocycles. The number of Topliss-reactive ketones (excluding diaryl/α,β-unsaturated/α-hetero) is 2. The number of amides is 2. The number of carboxylic acids is 2. The highest BCUT2D eigenvalue weighted by Crippen LogP contribution is 2.23. The Morgan fingerprint density at radius 3 is 1.07 bits per heavy atom. The van der Waals surface area contributed by atoms with Crippen molar-refractivity contribution in [3.8, 4) is 0 Å². The van der Waals surface area contributed by atoms with E-state index in [4.69, 9.17) is 10.2 Å². The maximum absolute atomic E-state index is 12.6. The summed E-state index contributed by atoms with van der Waals surface area (Å²) >= 11 is 0. The van der Waals surface area contributed by atoms with Crippen molar-refractivity contribution in [1.29, 1.82) is 0 Å². The molecule has 16 heteroatoms. The molecule has 296 valence electrons. The number of carbonyl (C=O) groups excluding carboxylic acids is 4. The summed E-state index contributed by atoms with van der Waals surface area (Å²) in [4.78, 5) is 67.2. The van der Waals surface area contributed by atoms with Crippen LogP contribution in [0.1, 0.15) is 78.4 Å². The zero-order valence-electron chi connectivity index (χ0n) is 31.4. The van der Waals surface area contributed by atoms with Gasteiger partial charge in [0.15, 0.2) is 31.2 Å². The van der Waals surface area contributed by atoms with E-state index in [2.05, 4.69) is 23.8 Å². The summed E-state index contributed by atoms with van der Waals surface area (Å²) in [5.41, 5.74) is 3.28. The van der Waals surface area contributed by atoms with Gasteiger partial charge in [-0.2, -0.15) is 0 Å². The van der Waals surface area contributed by atoms with E-state index in [1.54, 1.807) is 62.4 Å². The van der Waals surface area contributed by atoms with Crippen LogP contribution in [0.4, 0.5) is 11.4 Å². The molecule has 0 aromatic heterocycles. The third kappa shape index (κ3) is 15.2. The molecule has 14 nitrogen and oxygen atoms in total. The fraction of sp³-hybridized carbons (Fsp3) is 0.421. The predicted molar refractivity (Wildman–Crippen MR) is 207 cm³/mol. The summed E-state index contributed by atoms with van der Waals surface area (Å²) in [5.74, 6) is -4.53. The van der Waals surface area contributed by atoms with Crippen LogP contribution >= 0.6 is 0 Å². The van der Waals surface area contributed by atoms with Crippen molar-refractivity contribution in [2.24, 2.45) is 0 Å². The molecule has 0 spiro atoms. The number of hydrogen-bond acceptors (Lipinski definition) is 10. The van der Waals surface area contributed by atoms with Gasteiger partial charge in [0, 0.05) is 11.4 Å². The highest BCUT2D eigenvalue weighted by Gasteiger charge is 2.36. The number of aliphatic carboxylic acids is 2. The van der Waals surface area contributed by atoms with Crippen molar-refractivity contribution in [3.05, 3.63) is 84.0 Å². The lowest BCUT2D eigenvalue weighted by atomic mass is 10.1. The fourth-order valence-corrected chi connectivity index (χ4v) is 9.31. The van der Waals surface area contributed by atoms with Gasteiger partial charge in [0.1, 0.15) is 23.3 Å². The number of carboxylic acid groups (broad SMARTS) is 2. The van der Waals surface area contributed by atoms with Crippen molar-refractivity contribution >= 4 is 66.4 Å². The van der Waals surface area contributed by atoms with Crippen LogP contribution in [0.2, 0.25) is 0 Å². The van der Waals surface area contributed by atoms with Gasteiger partial charge in [0.05, 0.1) is 10.5 Å². The van der Waals surface area contributed by atoms with E-state index in [-0.39, 0.29) is 0 Å². The smallest absolute Gasteiger partial charge is 0.312 e. The Kier molecular flexibility index (Phi) is 18.4. The zero-order chi connectivity index (χ0) is 41.6. The Labute approximate surface area is 317 Å². The molecule has 2 aromatic rings. The third-order valence-electron chi connectivity index (χ3n) is 8.19. The van der Waals surface area contributed by atoms with Gasteiger partial charge in [0.2, 0.25) is 11.8 Å². The van der Waals surface area contributed by atoms with Gasteiger partial charge < -0.3 is 20.8 Å². The number of benzene rings is 2. The Hall–Kier alpha value is -4.96. The highest BCUT2D eigenvalue weighted by molar-refractivity contribution is 7.93. The number of nitrogens with one attached hydrogen (secondary N) is 2. The first-order chi connectivity index (χ1) is 24.9. The maximum atomic E-state index is 12.6. The monoisotopic (exact) mass is 790 g/mol. The fourth-order valence-electron chi connectivity index (χ4n) is 5.45. The first-order valence-electron chi connectivity index (χ1n) is 16.9. The predicted octanol–water partition coefficient (Wildman–Crippen LogP) is 4.74. The molecule has 0 aliphatic heterocycles. The van der Waals surface area contributed by atoms with Crippen molar-refractivity contribution in [1.82, 2.24) is 0 Å². The van der Waals surface area contributed by atoms with Gasteiger partial charge in [-0.1, -0.05) is 48.6 Å². The van der Waals surface area contributed by atoms with E-state index in [0.717, 1.165) is 11.1 Å². The van der Waals surface area contributed by atoms with Crippen LogP contribution in [0.3, 0.4) is 0 Å². The first kappa shape index (κ1) is 47.1. The zero-order valence-corrected chi connectivity index (χ0v) is 33.0. The number of hydrogen-bond donors (Lipinski definition) is 4. The molecule has 0 aliphatic rings. The Bertz CT molecular complexity index is 1770. The first-order valence-corrected chi connectivity index (χ1v) is 20.1. The van der Waals surface area contributed by atoms with Gasteiger partial charge in [-0.05, 0) is 103 Å². The Morgan fingerprint density at radius 1 is 0.574 bits per heavy atom. The summed E-state index contributed by atoms with van der Waals surface area (Å²) in [6, 6.07) is 13.4. The third-order valence-corrected chi connectivity index (χ3v) is 13.7. The van der Waals surface area contributed by atoms with Crippen LogP contribution in [0, 0.1) is 0 Å². The van der Waals surface area contributed by atoms with E-state index >= 15 is 0 Å². The molecule has 0 aliphatic carbocycles. The Morgan fingerprint density at radius 2 is 0.852 bits per heavy atom. The van der Waals surface area contributed by atoms with Crippen LogP contribution < -0.4 is 10.6 Å². The molecule has 4 unspecified atom stereocenters. The van der Waals surface area contributed by atoms with E-state index in [1.807, 2.05) is 0 Å². The van der Waals surface area contributed by atoms with Crippen molar-refractivity contribution in [2.45, 2.75) is 101 Å². The van der Waals surface area contributed by atoms with Crippen LogP contribution in [0.25, 0.3) is 0 Å². The van der Waals surface area contributed by atoms with Crippen molar-refractivity contribution in [2.75, 3.05) is 10.6 Å². The molecular weight excluding hydrogens is 741 g/mol. The number of anilines is 2. The number of carbonyl (C=O) groups is 6. The average Bonchev–Trinajstić information content (AvgIpc) is 3.02. The average molecular weight is 791 g/mol. The lowest BCUT2D eigenvalue weighted by Gasteiger charge is -2.20. The van der Waals surface area contributed by atoms with Crippen molar-refractivity contribution < 1.29 is 55.8 Å².